The molecule has 0 atom stereocenters. The lowest BCUT2D eigenvalue weighted by molar-refractivity contribution is 0.102. The fourth-order valence-corrected chi connectivity index (χ4v) is 3.41. The van der Waals surface area contributed by atoms with Crippen molar-refractivity contribution >= 4 is 39.2 Å². The number of amides is 1. The molecule has 0 bridgehead atoms. The minimum absolute atomic E-state index is 0.259. The molecule has 5 N–H and O–H groups in total. The fourth-order valence-electron chi connectivity index (χ4n) is 3.41. The van der Waals surface area contributed by atoms with Gasteiger partial charge in [0.2, 0.25) is 0 Å². The Morgan fingerprint density at radius 2 is 1.89 bits per heavy atom. The van der Waals surface area contributed by atoms with E-state index in [9.17, 15) is 4.79 Å². The molecule has 7 heteroatoms. The van der Waals surface area contributed by atoms with Crippen molar-refractivity contribution in [2.75, 3.05) is 11.1 Å². The molecule has 0 spiro atoms. The highest BCUT2D eigenvalue weighted by molar-refractivity contribution is 6.09. The van der Waals surface area contributed by atoms with Gasteiger partial charge in [-0.3, -0.25) is 9.89 Å². The number of benzene rings is 2. The van der Waals surface area contributed by atoms with Gasteiger partial charge in [0, 0.05) is 22.5 Å². The van der Waals surface area contributed by atoms with Crippen molar-refractivity contribution in [1.29, 1.82) is 0 Å². The number of aromatic nitrogens is 4. The number of hydrogen-bond donors (Lipinski definition) is 4. The number of fused-ring (bicyclic) bond motifs is 2. The van der Waals surface area contributed by atoms with Gasteiger partial charge in [-0.25, -0.2) is 4.98 Å². The van der Waals surface area contributed by atoms with Crippen molar-refractivity contribution in [1.82, 2.24) is 20.2 Å². The van der Waals surface area contributed by atoms with Crippen molar-refractivity contribution in [3.05, 3.63) is 72.7 Å². The van der Waals surface area contributed by atoms with Crippen molar-refractivity contribution in [2.45, 2.75) is 0 Å². The number of anilines is 2. The summed E-state index contributed by atoms with van der Waals surface area (Å²) < 4.78 is 0. The van der Waals surface area contributed by atoms with Gasteiger partial charge in [0.25, 0.3) is 5.91 Å². The van der Waals surface area contributed by atoms with Crippen LogP contribution in [0.5, 0.6) is 0 Å². The number of H-pyrrole nitrogens is 2. The number of pyridine rings is 1. The molecular formula is C21H16N6O. The van der Waals surface area contributed by atoms with Crippen LogP contribution >= 0.6 is 0 Å². The van der Waals surface area contributed by atoms with Crippen LogP contribution in [0, 0.1) is 0 Å². The molecule has 7 nitrogen and oxygen atoms in total. The SMILES string of the molecule is Nc1cccc(C(=O)Nc2cc(-c3cccc4[nH]ccc34)cc3[nH]ncc23)n1. The number of carbonyl (C=O) groups is 1. The number of carbonyl (C=O) groups excluding carboxylic acids is 1. The minimum atomic E-state index is -0.327. The highest BCUT2D eigenvalue weighted by atomic mass is 16.1. The summed E-state index contributed by atoms with van der Waals surface area (Å²) in [5.74, 6) is -0.0270. The van der Waals surface area contributed by atoms with Crippen LogP contribution < -0.4 is 11.1 Å². The predicted molar refractivity (Wildman–Crippen MR) is 110 cm³/mol. The molecule has 0 radical (unpaired) electrons. The zero-order valence-corrected chi connectivity index (χ0v) is 14.7. The van der Waals surface area contributed by atoms with Crippen molar-refractivity contribution in [3.8, 4) is 11.1 Å². The molecule has 2 aromatic carbocycles. The van der Waals surface area contributed by atoms with E-state index in [0.717, 1.165) is 32.9 Å². The molecule has 136 valence electrons. The maximum atomic E-state index is 12.7. The van der Waals surface area contributed by atoms with Gasteiger partial charge >= 0.3 is 0 Å². The number of rotatable bonds is 3. The van der Waals surface area contributed by atoms with Crippen LogP contribution in [0.15, 0.2) is 67.0 Å². The second kappa shape index (κ2) is 6.24. The second-order valence-corrected chi connectivity index (χ2v) is 6.50. The van der Waals surface area contributed by atoms with Gasteiger partial charge in [0.15, 0.2) is 0 Å². The Kier molecular flexibility index (Phi) is 3.58. The smallest absolute Gasteiger partial charge is 0.274 e. The zero-order chi connectivity index (χ0) is 19.1. The van der Waals surface area contributed by atoms with E-state index in [0.29, 0.717) is 11.5 Å². The van der Waals surface area contributed by atoms with E-state index >= 15 is 0 Å². The van der Waals surface area contributed by atoms with Crippen LogP contribution in [-0.4, -0.2) is 26.1 Å². The molecule has 5 rings (SSSR count). The number of hydrogen-bond acceptors (Lipinski definition) is 4. The molecule has 28 heavy (non-hydrogen) atoms. The van der Waals surface area contributed by atoms with Gasteiger partial charge in [0.05, 0.1) is 17.4 Å². The Bertz CT molecular complexity index is 1330. The quantitative estimate of drug-likeness (QED) is 0.386. The average molecular weight is 368 g/mol. The maximum Gasteiger partial charge on any atom is 0.274 e. The molecule has 0 saturated heterocycles. The number of nitrogen functional groups attached to an aromatic ring is 1. The summed E-state index contributed by atoms with van der Waals surface area (Å²) in [6.45, 7) is 0. The van der Waals surface area contributed by atoms with E-state index in [1.54, 1.807) is 24.4 Å². The summed E-state index contributed by atoms with van der Waals surface area (Å²) in [4.78, 5) is 20.0. The Morgan fingerprint density at radius 1 is 1.00 bits per heavy atom. The third-order valence-corrected chi connectivity index (χ3v) is 4.72. The summed E-state index contributed by atoms with van der Waals surface area (Å²) in [7, 11) is 0. The highest BCUT2D eigenvalue weighted by Crippen LogP contribution is 2.34. The first-order chi connectivity index (χ1) is 13.7. The van der Waals surface area contributed by atoms with Crippen LogP contribution in [0.4, 0.5) is 11.5 Å². The van der Waals surface area contributed by atoms with E-state index in [1.165, 1.54) is 0 Å². The molecular weight excluding hydrogens is 352 g/mol. The van der Waals surface area contributed by atoms with Crippen LogP contribution in [0.25, 0.3) is 32.9 Å². The molecule has 0 aliphatic heterocycles. The third-order valence-electron chi connectivity index (χ3n) is 4.72. The van der Waals surface area contributed by atoms with E-state index in [2.05, 4.69) is 31.5 Å². The van der Waals surface area contributed by atoms with Gasteiger partial charge in [-0.15, -0.1) is 0 Å². The summed E-state index contributed by atoms with van der Waals surface area (Å²) >= 11 is 0. The normalized spacial score (nSPS) is 11.1. The topological polar surface area (TPSA) is 112 Å². The molecule has 5 aromatic rings. The second-order valence-electron chi connectivity index (χ2n) is 6.50. The van der Waals surface area contributed by atoms with Crippen LogP contribution in [0.2, 0.25) is 0 Å². The summed E-state index contributed by atoms with van der Waals surface area (Å²) in [5.41, 5.74) is 10.5. The van der Waals surface area contributed by atoms with Gasteiger partial charge in [0.1, 0.15) is 11.5 Å². The molecule has 3 aromatic heterocycles. The monoisotopic (exact) mass is 368 g/mol. The van der Waals surface area contributed by atoms with Crippen LogP contribution in [-0.2, 0) is 0 Å². The zero-order valence-electron chi connectivity index (χ0n) is 14.7. The summed E-state index contributed by atoms with van der Waals surface area (Å²) in [6, 6.07) is 17.1. The van der Waals surface area contributed by atoms with E-state index in [1.807, 2.05) is 36.5 Å². The largest absolute Gasteiger partial charge is 0.384 e. The van der Waals surface area contributed by atoms with E-state index < -0.39 is 0 Å². The Labute approximate surface area is 159 Å². The van der Waals surface area contributed by atoms with Crippen molar-refractivity contribution in [3.63, 3.8) is 0 Å². The lowest BCUT2D eigenvalue weighted by Gasteiger charge is -2.10. The van der Waals surface area contributed by atoms with Gasteiger partial charge < -0.3 is 16.0 Å². The first kappa shape index (κ1) is 16.1. The lowest BCUT2D eigenvalue weighted by atomic mass is 9.99. The Hall–Kier alpha value is -4.13. The molecule has 0 aliphatic rings. The van der Waals surface area contributed by atoms with E-state index in [4.69, 9.17) is 5.73 Å². The minimum Gasteiger partial charge on any atom is -0.384 e. The summed E-state index contributed by atoms with van der Waals surface area (Å²) in [6.07, 6.45) is 3.61. The standard InChI is InChI=1S/C21H16N6O/c22-20-6-2-5-17(25-20)21(28)26-18-9-12(10-19-15(18)11-24-27-19)13-3-1-4-16-14(13)7-8-23-16/h1-11,23H,(H2,22,25)(H,24,27)(H,26,28). The third kappa shape index (κ3) is 2.66. The molecule has 0 unspecified atom stereocenters. The van der Waals surface area contributed by atoms with E-state index in [-0.39, 0.29) is 11.6 Å². The molecule has 0 fully saturated rings. The molecule has 3 heterocycles. The van der Waals surface area contributed by atoms with Crippen molar-refractivity contribution < 1.29 is 4.79 Å². The Morgan fingerprint density at radius 3 is 2.79 bits per heavy atom. The van der Waals surface area contributed by atoms with Crippen LogP contribution in [0.1, 0.15) is 10.5 Å². The number of nitrogens with zero attached hydrogens (tertiary/aromatic N) is 2. The highest BCUT2D eigenvalue weighted by Gasteiger charge is 2.14. The Balaban J connectivity index is 1.62. The average Bonchev–Trinajstić information content (AvgIpc) is 3.36. The first-order valence-corrected chi connectivity index (χ1v) is 8.76. The van der Waals surface area contributed by atoms with Gasteiger partial charge in [-0.05, 0) is 47.5 Å². The molecule has 1 amide bonds. The fraction of sp³-hybridized carbons (Fsp3) is 0. The van der Waals surface area contributed by atoms with Gasteiger partial charge in [-0.2, -0.15) is 5.10 Å². The van der Waals surface area contributed by atoms with Gasteiger partial charge in [-0.1, -0.05) is 18.2 Å². The van der Waals surface area contributed by atoms with Crippen LogP contribution in [0.3, 0.4) is 0 Å². The lowest BCUT2D eigenvalue weighted by Crippen LogP contribution is -2.14. The molecule has 0 saturated carbocycles. The molecule has 0 aliphatic carbocycles. The number of nitrogens with one attached hydrogen (secondary N) is 3. The first-order valence-electron chi connectivity index (χ1n) is 8.76. The predicted octanol–water partition coefficient (Wildman–Crippen LogP) is 3.94. The van der Waals surface area contributed by atoms with Crippen molar-refractivity contribution in [2.24, 2.45) is 0 Å². The number of aromatic amines is 2. The maximum absolute atomic E-state index is 12.7. The summed E-state index contributed by atoms with van der Waals surface area (Å²) in [5, 5.41) is 12.0. The number of nitrogens with two attached hydrogens (primary N) is 1.